The number of nitrogens with one attached hydrogen (secondary N) is 2. The highest BCUT2D eigenvalue weighted by atomic mass is 79.9. The molecule has 0 saturated carbocycles. The minimum absolute atomic E-state index is 0.0129. The molecule has 23 heavy (non-hydrogen) atoms. The van der Waals surface area contributed by atoms with Crippen molar-refractivity contribution >= 4 is 33.2 Å². The van der Waals surface area contributed by atoms with E-state index in [1.807, 2.05) is 13.8 Å². The number of nitrogens with zero attached hydrogens (tertiary/aromatic N) is 1. The Morgan fingerprint density at radius 2 is 2.17 bits per heavy atom. The second-order valence-corrected chi connectivity index (χ2v) is 7.12. The molecular formula is C16H22BrClFN3O. The Labute approximate surface area is 150 Å². The van der Waals surface area contributed by atoms with Crippen molar-refractivity contribution in [2.24, 2.45) is 0 Å². The van der Waals surface area contributed by atoms with E-state index < -0.39 is 5.83 Å². The number of hydrogen-bond acceptors (Lipinski definition) is 4. The van der Waals surface area contributed by atoms with Gasteiger partial charge in [0.15, 0.2) is 5.83 Å². The molecule has 0 aromatic rings. The van der Waals surface area contributed by atoms with E-state index in [4.69, 9.17) is 21.7 Å². The van der Waals surface area contributed by atoms with Crippen LogP contribution in [0.3, 0.4) is 0 Å². The van der Waals surface area contributed by atoms with Gasteiger partial charge in [0.1, 0.15) is 11.9 Å². The van der Waals surface area contributed by atoms with Gasteiger partial charge < -0.3 is 15.0 Å². The van der Waals surface area contributed by atoms with E-state index >= 15 is 0 Å². The molecule has 1 aliphatic heterocycles. The van der Waals surface area contributed by atoms with Gasteiger partial charge in [-0.15, -0.1) is 0 Å². The van der Waals surface area contributed by atoms with Crippen molar-refractivity contribution in [3.63, 3.8) is 0 Å². The molecule has 1 unspecified atom stereocenters. The standard InChI is InChI=1S/C16H22BrClFN3O/c1-9(2)22(3)16-14(19)13(18)12(17)10(15(16)20)8-21-11-6-4-5-7-23-11/h8-9,11,20-21H,4-7H2,1-3H3/b10-8-,20-15?. The third kappa shape index (κ3) is 3.98. The van der Waals surface area contributed by atoms with E-state index in [0.717, 1.165) is 25.9 Å². The lowest BCUT2D eigenvalue weighted by atomic mass is 10.0. The molecule has 128 valence electrons. The van der Waals surface area contributed by atoms with Crippen molar-refractivity contribution in [1.82, 2.24) is 10.2 Å². The summed E-state index contributed by atoms with van der Waals surface area (Å²) in [5.41, 5.74) is 0.817. The Hall–Kier alpha value is -0.850. The average molecular weight is 407 g/mol. The van der Waals surface area contributed by atoms with Crippen LogP contribution >= 0.6 is 27.5 Å². The molecule has 4 nitrogen and oxygen atoms in total. The van der Waals surface area contributed by atoms with Crippen molar-refractivity contribution in [3.8, 4) is 0 Å². The van der Waals surface area contributed by atoms with Crippen molar-refractivity contribution in [2.75, 3.05) is 13.7 Å². The fraction of sp³-hybridized carbons (Fsp3) is 0.562. The lowest BCUT2D eigenvalue weighted by molar-refractivity contribution is 0.00331. The summed E-state index contributed by atoms with van der Waals surface area (Å²) in [6, 6.07) is 0.0494. The van der Waals surface area contributed by atoms with Gasteiger partial charge in [0.25, 0.3) is 0 Å². The molecule has 1 heterocycles. The Balaban J connectivity index is 2.29. The Bertz CT molecular complexity index is 580. The Morgan fingerprint density at radius 1 is 1.48 bits per heavy atom. The van der Waals surface area contributed by atoms with Gasteiger partial charge in [-0.05, 0) is 49.0 Å². The maximum Gasteiger partial charge on any atom is 0.168 e. The topological polar surface area (TPSA) is 48.4 Å². The zero-order valence-corrected chi connectivity index (χ0v) is 15.9. The summed E-state index contributed by atoms with van der Waals surface area (Å²) >= 11 is 9.42. The number of rotatable bonds is 4. The first-order valence-electron chi connectivity index (χ1n) is 7.70. The zero-order chi connectivity index (χ0) is 17.1. The van der Waals surface area contributed by atoms with E-state index in [1.54, 1.807) is 18.1 Å². The molecule has 1 aliphatic carbocycles. The van der Waals surface area contributed by atoms with Gasteiger partial charge >= 0.3 is 0 Å². The fourth-order valence-corrected chi connectivity index (χ4v) is 3.12. The van der Waals surface area contributed by atoms with Crippen LogP contribution in [-0.2, 0) is 4.74 Å². The van der Waals surface area contributed by atoms with Crippen LogP contribution in [0.2, 0.25) is 0 Å². The number of hydrogen-bond donors (Lipinski definition) is 2. The summed E-state index contributed by atoms with van der Waals surface area (Å²) in [4.78, 5) is 1.71. The molecule has 1 saturated heterocycles. The van der Waals surface area contributed by atoms with Gasteiger partial charge in [0.2, 0.25) is 0 Å². The maximum atomic E-state index is 14.5. The van der Waals surface area contributed by atoms with Crippen LogP contribution in [0.4, 0.5) is 4.39 Å². The van der Waals surface area contributed by atoms with Crippen LogP contribution in [0, 0.1) is 5.41 Å². The molecule has 0 spiro atoms. The summed E-state index contributed by atoms with van der Waals surface area (Å²) in [6.07, 6.45) is 4.69. The maximum absolute atomic E-state index is 14.5. The molecule has 0 aromatic carbocycles. The molecule has 2 N–H and O–H groups in total. The SMILES string of the molecule is CC(C)N(C)C1=C(F)C(Cl)=C(Br)/C(=C/NC2CCCCO2)C1=N. The smallest absolute Gasteiger partial charge is 0.168 e. The molecular weight excluding hydrogens is 385 g/mol. The minimum atomic E-state index is -0.578. The van der Waals surface area contributed by atoms with Crippen LogP contribution in [-0.4, -0.2) is 36.5 Å². The van der Waals surface area contributed by atoms with Crippen LogP contribution < -0.4 is 5.32 Å². The number of halogens is 3. The van der Waals surface area contributed by atoms with Crippen LogP contribution in [0.15, 0.2) is 32.8 Å². The molecule has 0 amide bonds. The molecule has 7 heteroatoms. The zero-order valence-electron chi connectivity index (χ0n) is 13.5. The van der Waals surface area contributed by atoms with E-state index in [2.05, 4.69) is 21.2 Å². The molecule has 0 bridgehead atoms. The Morgan fingerprint density at radius 3 is 2.74 bits per heavy atom. The predicted molar refractivity (Wildman–Crippen MR) is 95.4 cm³/mol. The van der Waals surface area contributed by atoms with Crippen molar-refractivity contribution in [1.29, 1.82) is 5.41 Å². The average Bonchev–Trinajstić information content (AvgIpc) is 2.53. The van der Waals surface area contributed by atoms with Crippen LogP contribution in [0.25, 0.3) is 0 Å². The molecule has 2 rings (SSSR count). The molecule has 2 aliphatic rings. The normalized spacial score (nSPS) is 24.7. The van der Waals surface area contributed by atoms with E-state index in [0.29, 0.717) is 10.1 Å². The minimum Gasteiger partial charge on any atom is -0.368 e. The lowest BCUT2D eigenvalue weighted by Crippen LogP contribution is -2.35. The van der Waals surface area contributed by atoms with Gasteiger partial charge in [-0.2, -0.15) is 0 Å². The fourth-order valence-electron chi connectivity index (χ4n) is 2.44. The van der Waals surface area contributed by atoms with Gasteiger partial charge in [0, 0.05) is 31.5 Å². The molecule has 1 fully saturated rings. The van der Waals surface area contributed by atoms with E-state index in [-0.39, 0.29) is 28.7 Å². The number of allylic oxidation sites excluding steroid dienone is 4. The molecule has 1 atom stereocenters. The summed E-state index contributed by atoms with van der Waals surface area (Å²) in [5, 5.41) is 11.5. The molecule has 0 radical (unpaired) electrons. The first-order chi connectivity index (χ1) is 10.8. The van der Waals surface area contributed by atoms with Crippen LogP contribution in [0.5, 0.6) is 0 Å². The quantitative estimate of drug-likeness (QED) is 0.728. The summed E-state index contributed by atoms with van der Waals surface area (Å²) in [6.45, 7) is 4.60. The largest absolute Gasteiger partial charge is 0.368 e. The van der Waals surface area contributed by atoms with Crippen molar-refractivity contribution in [2.45, 2.75) is 45.4 Å². The predicted octanol–water partition coefficient (Wildman–Crippen LogP) is 4.39. The molecule has 0 aromatic heterocycles. The monoisotopic (exact) mass is 405 g/mol. The van der Waals surface area contributed by atoms with E-state index in [1.165, 1.54) is 0 Å². The summed E-state index contributed by atoms with van der Waals surface area (Å²) in [5.74, 6) is -0.578. The van der Waals surface area contributed by atoms with Crippen molar-refractivity contribution in [3.05, 3.63) is 32.8 Å². The lowest BCUT2D eigenvalue weighted by Gasteiger charge is -2.31. The Kier molecular flexibility index (Phi) is 6.28. The first-order valence-corrected chi connectivity index (χ1v) is 8.87. The second-order valence-electron chi connectivity index (χ2n) is 5.95. The first kappa shape index (κ1) is 18.5. The third-order valence-electron chi connectivity index (χ3n) is 4.06. The summed E-state index contributed by atoms with van der Waals surface area (Å²) in [7, 11) is 1.76. The highest BCUT2D eigenvalue weighted by Crippen LogP contribution is 2.39. The van der Waals surface area contributed by atoms with Crippen LogP contribution in [0.1, 0.15) is 33.1 Å². The van der Waals surface area contributed by atoms with Crippen molar-refractivity contribution < 1.29 is 9.13 Å². The van der Waals surface area contributed by atoms with Gasteiger partial charge in [-0.3, -0.25) is 5.41 Å². The van der Waals surface area contributed by atoms with Gasteiger partial charge in [-0.25, -0.2) is 4.39 Å². The second kappa shape index (κ2) is 7.81. The summed E-state index contributed by atoms with van der Waals surface area (Å²) < 4.78 is 20.5. The van der Waals surface area contributed by atoms with E-state index in [9.17, 15) is 4.39 Å². The third-order valence-corrected chi connectivity index (χ3v) is 5.46. The van der Waals surface area contributed by atoms with Gasteiger partial charge in [-0.1, -0.05) is 11.6 Å². The van der Waals surface area contributed by atoms with Gasteiger partial charge in [0.05, 0.1) is 15.2 Å². The number of ether oxygens (including phenoxy) is 1. The highest BCUT2D eigenvalue weighted by molar-refractivity contribution is 9.12. The highest BCUT2D eigenvalue weighted by Gasteiger charge is 2.31.